The van der Waals surface area contributed by atoms with Gasteiger partial charge in [0.05, 0.1) is 18.6 Å². The molecule has 0 unspecified atom stereocenters. The van der Waals surface area contributed by atoms with E-state index in [9.17, 15) is 10.1 Å². The second-order valence-corrected chi connectivity index (χ2v) is 9.89. The van der Waals surface area contributed by atoms with Gasteiger partial charge in [-0.05, 0) is 31.9 Å². The van der Waals surface area contributed by atoms with Crippen LogP contribution in [0.3, 0.4) is 0 Å². The van der Waals surface area contributed by atoms with Gasteiger partial charge in [0.15, 0.2) is 11.6 Å². The third kappa shape index (κ3) is 5.25. The van der Waals surface area contributed by atoms with E-state index in [1.165, 1.54) is 6.33 Å². The Bertz CT molecular complexity index is 1190. The van der Waals surface area contributed by atoms with Crippen LogP contribution >= 0.6 is 0 Å². The molecule has 4 heterocycles. The maximum Gasteiger partial charge on any atom is 0.508 e. The number of nitriles is 1. The molecule has 37 heavy (non-hydrogen) atoms. The first-order valence-corrected chi connectivity index (χ1v) is 12.4. The van der Waals surface area contributed by atoms with Crippen LogP contribution in [0.25, 0.3) is 5.52 Å². The average Bonchev–Trinajstić information content (AvgIpc) is 3.52. The van der Waals surface area contributed by atoms with Gasteiger partial charge < -0.3 is 28.6 Å². The SMILES string of the molecule is CCC(CC)COC(=O)OC[C@H]1O[C@@](C#N)(c2ccc3c(N=CN(C)C)ncnn23)[C@@H]2OC(C)(C)O[C@@H]21. The predicted molar refractivity (Wildman–Crippen MR) is 132 cm³/mol. The molecule has 2 aromatic rings. The Morgan fingerprint density at radius 2 is 2.03 bits per heavy atom. The highest BCUT2D eigenvalue weighted by atomic mass is 16.8. The van der Waals surface area contributed by atoms with Crippen molar-refractivity contribution >= 4 is 23.8 Å². The van der Waals surface area contributed by atoms with Crippen molar-refractivity contribution in [1.82, 2.24) is 19.5 Å². The Hall–Kier alpha value is -3.27. The number of hydrogen-bond acceptors (Lipinski definition) is 10. The van der Waals surface area contributed by atoms with Crippen molar-refractivity contribution in [2.45, 2.75) is 70.2 Å². The first kappa shape index (κ1) is 26.8. The molecule has 0 radical (unpaired) electrons. The molecular formula is C25H34N6O6. The monoisotopic (exact) mass is 514 g/mol. The highest BCUT2D eigenvalue weighted by molar-refractivity contribution is 5.71. The fraction of sp³-hybridized carbons (Fsp3) is 0.640. The van der Waals surface area contributed by atoms with Crippen LogP contribution < -0.4 is 0 Å². The average molecular weight is 515 g/mol. The molecule has 4 atom stereocenters. The molecular weight excluding hydrogens is 480 g/mol. The third-order valence-electron chi connectivity index (χ3n) is 6.58. The van der Waals surface area contributed by atoms with Gasteiger partial charge in [-0.3, -0.25) is 0 Å². The number of carbonyl (C=O) groups is 1. The molecule has 0 aliphatic carbocycles. The summed E-state index contributed by atoms with van der Waals surface area (Å²) in [6, 6.07) is 5.81. The topological polar surface area (TPSA) is 133 Å². The molecule has 0 bridgehead atoms. The first-order chi connectivity index (χ1) is 17.6. The maximum absolute atomic E-state index is 12.3. The summed E-state index contributed by atoms with van der Waals surface area (Å²) in [4.78, 5) is 22.7. The highest BCUT2D eigenvalue weighted by Gasteiger charge is 2.65. The normalized spacial score (nSPS) is 26.5. The Labute approximate surface area is 216 Å². The third-order valence-corrected chi connectivity index (χ3v) is 6.58. The van der Waals surface area contributed by atoms with Crippen molar-refractivity contribution in [3.63, 3.8) is 0 Å². The second kappa shape index (κ2) is 10.6. The summed E-state index contributed by atoms with van der Waals surface area (Å²) >= 11 is 0. The van der Waals surface area contributed by atoms with Gasteiger partial charge in [-0.15, -0.1) is 0 Å². The molecule has 4 rings (SSSR count). The van der Waals surface area contributed by atoms with Gasteiger partial charge in [0.25, 0.3) is 0 Å². The predicted octanol–water partition coefficient (Wildman–Crippen LogP) is 3.18. The lowest BCUT2D eigenvalue weighted by Gasteiger charge is -2.28. The Balaban J connectivity index is 1.61. The molecule has 2 saturated heterocycles. The zero-order valence-corrected chi connectivity index (χ0v) is 22.1. The number of ether oxygens (including phenoxy) is 5. The maximum atomic E-state index is 12.3. The Morgan fingerprint density at radius 1 is 1.27 bits per heavy atom. The van der Waals surface area contributed by atoms with Crippen LogP contribution in [0.5, 0.6) is 0 Å². The number of aliphatic imine (C=N–C) groups is 1. The quantitative estimate of drug-likeness (QED) is 0.279. The summed E-state index contributed by atoms with van der Waals surface area (Å²) in [7, 11) is 3.71. The molecule has 200 valence electrons. The van der Waals surface area contributed by atoms with E-state index in [0.717, 1.165) is 12.8 Å². The molecule has 0 amide bonds. The number of nitrogens with zero attached hydrogens (tertiary/aromatic N) is 6. The molecule has 0 aromatic carbocycles. The van der Waals surface area contributed by atoms with E-state index in [0.29, 0.717) is 17.0 Å². The van der Waals surface area contributed by atoms with Gasteiger partial charge in [0, 0.05) is 14.1 Å². The Morgan fingerprint density at radius 3 is 2.70 bits per heavy atom. The lowest BCUT2D eigenvalue weighted by Crippen LogP contribution is -2.40. The molecule has 2 fully saturated rings. The van der Waals surface area contributed by atoms with Crippen molar-refractivity contribution in [3.05, 3.63) is 24.2 Å². The molecule has 12 nitrogen and oxygen atoms in total. The van der Waals surface area contributed by atoms with E-state index in [1.807, 2.05) is 27.9 Å². The summed E-state index contributed by atoms with van der Waals surface area (Å²) < 4.78 is 30.8. The smallest absolute Gasteiger partial charge is 0.434 e. The number of rotatable bonds is 9. The standard InChI is InChI=1S/C25H34N6O6/c1-7-16(8-2)11-33-23(32)34-12-18-20-21(37-24(3,4)36-20)25(13-26,35-18)19-10-9-17-22(28-15-30(5)6)27-14-29-31(17)19/h9-10,14-16,18,20-21H,7-8,11-12H2,1-6H3/t18-,20-,21-,25+/m1/s1. The van der Waals surface area contributed by atoms with Crippen LogP contribution in [0.2, 0.25) is 0 Å². The van der Waals surface area contributed by atoms with Crippen molar-refractivity contribution in [2.24, 2.45) is 10.9 Å². The van der Waals surface area contributed by atoms with Crippen LogP contribution in [0.15, 0.2) is 23.5 Å². The fourth-order valence-electron chi connectivity index (χ4n) is 4.60. The zero-order chi connectivity index (χ0) is 26.8. The lowest BCUT2D eigenvalue weighted by atomic mass is 9.92. The molecule has 0 saturated carbocycles. The lowest BCUT2D eigenvalue weighted by molar-refractivity contribution is -0.205. The number of aromatic nitrogens is 3. The van der Waals surface area contributed by atoms with Crippen molar-refractivity contribution < 1.29 is 28.5 Å². The number of hydrogen-bond donors (Lipinski definition) is 0. The molecule has 0 N–H and O–H groups in total. The van der Waals surface area contributed by atoms with Crippen LogP contribution in [0, 0.1) is 17.2 Å². The van der Waals surface area contributed by atoms with E-state index in [-0.39, 0.29) is 19.1 Å². The minimum atomic E-state index is -1.59. The van der Waals surface area contributed by atoms with E-state index in [4.69, 9.17) is 23.7 Å². The van der Waals surface area contributed by atoms with Gasteiger partial charge in [0.1, 0.15) is 42.8 Å². The second-order valence-electron chi connectivity index (χ2n) is 9.89. The van der Waals surface area contributed by atoms with Gasteiger partial charge >= 0.3 is 6.16 Å². The van der Waals surface area contributed by atoms with E-state index in [1.54, 1.807) is 41.7 Å². The molecule has 2 aromatic heterocycles. The molecule has 0 spiro atoms. The zero-order valence-electron chi connectivity index (χ0n) is 22.1. The van der Waals surface area contributed by atoms with Crippen LogP contribution in [0.4, 0.5) is 10.6 Å². The van der Waals surface area contributed by atoms with Crippen LogP contribution in [-0.4, -0.2) is 83.4 Å². The van der Waals surface area contributed by atoms with E-state index < -0.39 is 35.9 Å². The largest absolute Gasteiger partial charge is 0.508 e. The summed E-state index contributed by atoms with van der Waals surface area (Å²) in [6.07, 6.45) is 1.77. The number of fused-ring (bicyclic) bond motifs is 2. The summed E-state index contributed by atoms with van der Waals surface area (Å²) in [5.41, 5.74) is -0.563. The van der Waals surface area contributed by atoms with Gasteiger partial charge in [0.2, 0.25) is 5.60 Å². The van der Waals surface area contributed by atoms with Crippen molar-refractivity contribution in [2.75, 3.05) is 27.3 Å². The van der Waals surface area contributed by atoms with Crippen molar-refractivity contribution in [3.8, 4) is 6.07 Å². The van der Waals surface area contributed by atoms with Gasteiger partial charge in [-0.25, -0.2) is 19.3 Å². The minimum Gasteiger partial charge on any atom is -0.434 e. The van der Waals surface area contributed by atoms with Gasteiger partial charge in [-0.2, -0.15) is 10.4 Å². The van der Waals surface area contributed by atoms with Crippen molar-refractivity contribution in [1.29, 1.82) is 5.26 Å². The molecule has 2 aliphatic heterocycles. The van der Waals surface area contributed by atoms with Crippen LogP contribution in [-0.2, 0) is 29.3 Å². The Kier molecular flexibility index (Phi) is 7.68. The fourth-order valence-corrected chi connectivity index (χ4v) is 4.60. The van der Waals surface area contributed by atoms with Gasteiger partial charge in [-0.1, -0.05) is 26.7 Å². The molecule has 12 heteroatoms. The number of carbonyl (C=O) groups excluding carboxylic acids is 1. The summed E-state index contributed by atoms with van der Waals surface area (Å²) in [5.74, 6) is -0.269. The summed E-state index contributed by atoms with van der Waals surface area (Å²) in [5, 5.41) is 14.8. The minimum absolute atomic E-state index is 0.164. The summed E-state index contributed by atoms with van der Waals surface area (Å²) in [6.45, 7) is 7.74. The first-order valence-electron chi connectivity index (χ1n) is 12.4. The van der Waals surface area contributed by atoms with Crippen LogP contribution in [0.1, 0.15) is 46.2 Å². The van der Waals surface area contributed by atoms with E-state index in [2.05, 4.69) is 21.1 Å². The molecule has 2 aliphatic rings. The highest BCUT2D eigenvalue weighted by Crippen LogP contribution is 2.49. The van der Waals surface area contributed by atoms with E-state index >= 15 is 0 Å².